The Hall–Kier alpha value is -1.06. The van der Waals surface area contributed by atoms with Crippen molar-refractivity contribution in [3.63, 3.8) is 0 Å². The molecule has 0 heterocycles. The molecular formula is C12H20ClNO2. The fourth-order valence-electron chi connectivity index (χ4n) is 0.665. The van der Waals surface area contributed by atoms with Gasteiger partial charge in [0.1, 0.15) is 0 Å². The summed E-state index contributed by atoms with van der Waals surface area (Å²) < 4.78 is 0. The molecule has 0 saturated carbocycles. The Balaban J connectivity index is 0. The minimum absolute atomic E-state index is 0.794. The lowest BCUT2D eigenvalue weighted by molar-refractivity contribution is -0.134. The van der Waals surface area contributed by atoms with E-state index >= 15 is 0 Å². The summed E-state index contributed by atoms with van der Waals surface area (Å²) in [4.78, 5) is 9.00. The van der Waals surface area contributed by atoms with Crippen molar-refractivity contribution in [3.8, 4) is 0 Å². The maximum atomic E-state index is 9.00. The second-order valence-electron chi connectivity index (χ2n) is 2.77. The molecule has 0 spiro atoms. The molecule has 4 heteroatoms. The van der Waals surface area contributed by atoms with Gasteiger partial charge in [-0.05, 0) is 25.2 Å². The quantitative estimate of drug-likeness (QED) is 0.842. The fraction of sp³-hybridized carbons (Fsp3) is 0.417. The van der Waals surface area contributed by atoms with Crippen LogP contribution in [0.15, 0.2) is 30.3 Å². The van der Waals surface area contributed by atoms with Crippen LogP contribution in [-0.2, 0) is 4.79 Å². The molecule has 0 atom stereocenters. The van der Waals surface area contributed by atoms with E-state index < -0.39 is 5.97 Å². The van der Waals surface area contributed by atoms with Gasteiger partial charge in [0.2, 0.25) is 0 Å². The van der Waals surface area contributed by atoms with Crippen LogP contribution in [0.25, 0.3) is 0 Å². The number of hydrogen-bond acceptors (Lipinski definition) is 2. The third-order valence-electron chi connectivity index (χ3n) is 1.23. The number of carboxylic acids is 1. The summed E-state index contributed by atoms with van der Waals surface area (Å²) >= 11 is 5.54. The lowest BCUT2D eigenvalue weighted by Crippen LogP contribution is -2.09. The summed E-state index contributed by atoms with van der Waals surface area (Å²) in [6.07, 6.45) is 0. The lowest BCUT2D eigenvalue weighted by atomic mass is 10.4. The molecule has 0 bridgehead atoms. The summed E-state index contributed by atoms with van der Waals surface area (Å²) in [6.45, 7) is 7.47. The van der Waals surface area contributed by atoms with Crippen molar-refractivity contribution in [1.29, 1.82) is 0 Å². The second-order valence-corrected chi connectivity index (χ2v) is 3.21. The molecule has 1 aromatic rings. The Kier molecular flexibility index (Phi) is 15.1. The van der Waals surface area contributed by atoms with Crippen LogP contribution in [0.4, 0.5) is 0 Å². The van der Waals surface area contributed by atoms with Crippen LogP contribution in [0.3, 0.4) is 0 Å². The topological polar surface area (TPSA) is 49.3 Å². The van der Waals surface area contributed by atoms with Crippen LogP contribution in [0.1, 0.15) is 20.8 Å². The minimum Gasteiger partial charge on any atom is -0.481 e. The van der Waals surface area contributed by atoms with E-state index in [4.69, 9.17) is 21.5 Å². The highest BCUT2D eigenvalue weighted by Crippen LogP contribution is 2.03. The summed E-state index contributed by atoms with van der Waals surface area (Å²) in [6, 6.07) is 9.44. The summed E-state index contributed by atoms with van der Waals surface area (Å²) in [5, 5.41) is 11.3. The van der Waals surface area contributed by atoms with Gasteiger partial charge in [0.05, 0.1) is 0 Å². The summed E-state index contributed by atoms with van der Waals surface area (Å²) in [5.41, 5.74) is 0. The van der Waals surface area contributed by atoms with E-state index in [0.29, 0.717) is 0 Å². The fourth-order valence-corrected chi connectivity index (χ4v) is 0.810. The molecule has 92 valence electrons. The first kappa shape index (κ1) is 17.3. The molecule has 0 aliphatic rings. The Morgan fingerprint density at radius 3 is 1.75 bits per heavy atom. The van der Waals surface area contributed by atoms with Gasteiger partial charge in [-0.25, -0.2) is 0 Å². The number of rotatable bonds is 2. The van der Waals surface area contributed by atoms with E-state index in [2.05, 4.69) is 19.2 Å². The number of carboxylic acid groups (broad SMARTS) is 1. The average molecular weight is 246 g/mol. The van der Waals surface area contributed by atoms with Gasteiger partial charge < -0.3 is 10.4 Å². The Morgan fingerprint density at radius 2 is 1.62 bits per heavy atom. The van der Waals surface area contributed by atoms with Crippen LogP contribution < -0.4 is 5.32 Å². The van der Waals surface area contributed by atoms with E-state index in [1.165, 1.54) is 0 Å². The van der Waals surface area contributed by atoms with Crippen LogP contribution >= 0.6 is 11.6 Å². The number of hydrogen-bond donors (Lipinski definition) is 2. The van der Waals surface area contributed by atoms with E-state index in [9.17, 15) is 0 Å². The zero-order chi connectivity index (χ0) is 12.8. The van der Waals surface area contributed by atoms with Crippen molar-refractivity contribution >= 4 is 17.6 Å². The van der Waals surface area contributed by atoms with Crippen LogP contribution in [-0.4, -0.2) is 24.2 Å². The van der Waals surface area contributed by atoms with Gasteiger partial charge in [-0.15, -0.1) is 0 Å². The van der Waals surface area contributed by atoms with Crippen molar-refractivity contribution in [2.24, 2.45) is 0 Å². The number of halogens is 1. The van der Waals surface area contributed by atoms with Crippen molar-refractivity contribution < 1.29 is 9.90 Å². The first-order valence-electron chi connectivity index (χ1n) is 5.15. The number of benzene rings is 1. The molecule has 16 heavy (non-hydrogen) atoms. The molecule has 1 aromatic carbocycles. The largest absolute Gasteiger partial charge is 0.481 e. The molecule has 2 N–H and O–H groups in total. The minimum atomic E-state index is -0.833. The van der Waals surface area contributed by atoms with Crippen LogP contribution in [0, 0.1) is 0 Å². The highest BCUT2D eigenvalue weighted by atomic mass is 35.5. The van der Waals surface area contributed by atoms with Gasteiger partial charge in [-0.1, -0.05) is 43.6 Å². The van der Waals surface area contributed by atoms with Crippen LogP contribution in [0.5, 0.6) is 0 Å². The Labute approximate surface area is 102 Å². The predicted molar refractivity (Wildman–Crippen MR) is 69.0 cm³/mol. The molecule has 0 radical (unpaired) electrons. The lowest BCUT2D eigenvalue weighted by Gasteiger charge is -1.86. The Bertz CT molecular complexity index is 246. The highest BCUT2D eigenvalue weighted by molar-refractivity contribution is 6.30. The second kappa shape index (κ2) is 13.9. The van der Waals surface area contributed by atoms with Crippen molar-refractivity contribution in [1.82, 2.24) is 5.32 Å². The average Bonchev–Trinajstić information content (AvgIpc) is 2.20. The molecule has 0 amide bonds. The van der Waals surface area contributed by atoms with E-state index in [1.807, 2.05) is 30.3 Å². The Morgan fingerprint density at radius 1 is 1.25 bits per heavy atom. The number of carbonyl (C=O) groups is 1. The SMILES string of the molecule is CC(=O)O.CCNCC.Clc1ccccc1. The molecule has 0 aliphatic heterocycles. The molecule has 0 aliphatic carbocycles. The van der Waals surface area contributed by atoms with Crippen molar-refractivity contribution in [2.45, 2.75) is 20.8 Å². The van der Waals surface area contributed by atoms with Gasteiger partial charge in [0.15, 0.2) is 0 Å². The first-order valence-corrected chi connectivity index (χ1v) is 5.53. The number of nitrogens with one attached hydrogen (secondary N) is 1. The monoisotopic (exact) mass is 245 g/mol. The molecule has 0 saturated heterocycles. The van der Waals surface area contributed by atoms with Gasteiger partial charge >= 0.3 is 0 Å². The summed E-state index contributed by atoms with van der Waals surface area (Å²) in [5.74, 6) is -0.833. The zero-order valence-corrected chi connectivity index (χ0v) is 10.8. The van der Waals surface area contributed by atoms with Crippen molar-refractivity contribution in [3.05, 3.63) is 35.4 Å². The maximum absolute atomic E-state index is 9.00. The molecule has 0 unspecified atom stereocenters. The van der Waals surface area contributed by atoms with Gasteiger partial charge in [0.25, 0.3) is 5.97 Å². The standard InChI is InChI=1S/C6H5Cl.C4H11N.C2H4O2/c7-6-4-2-1-3-5-6;1-3-5-4-2;1-2(3)4/h1-5H;5H,3-4H2,1-2H3;1H3,(H,3,4). The number of aliphatic carboxylic acids is 1. The first-order chi connectivity index (χ1) is 7.54. The maximum Gasteiger partial charge on any atom is 0.300 e. The van der Waals surface area contributed by atoms with Crippen molar-refractivity contribution in [2.75, 3.05) is 13.1 Å². The third kappa shape index (κ3) is 23.1. The zero-order valence-electron chi connectivity index (χ0n) is 10.0. The normalized spacial score (nSPS) is 8.00. The van der Waals surface area contributed by atoms with E-state index in [-0.39, 0.29) is 0 Å². The third-order valence-corrected chi connectivity index (χ3v) is 1.49. The van der Waals surface area contributed by atoms with Gasteiger partial charge in [-0.2, -0.15) is 0 Å². The molecular weight excluding hydrogens is 226 g/mol. The van der Waals surface area contributed by atoms with E-state index in [1.54, 1.807) is 0 Å². The molecule has 0 aromatic heterocycles. The predicted octanol–water partition coefficient (Wildman–Crippen LogP) is 3.05. The van der Waals surface area contributed by atoms with Gasteiger partial charge in [0, 0.05) is 11.9 Å². The van der Waals surface area contributed by atoms with Crippen LogP contribution in [0.2, 0.25) is 5.02 Å². The summed E-state index contributed by atoms with van der Waals surface area (Å²) in [7, 11) is 0. The molecule has 0 fully saturated rings. The smallest absolute Gasteiger partial charge is 0.300 e. The highest BCUT2D eigenvalue weighted by Gasteiger charge is 1.74. The van der Waals surface area contributed by atoms with Gasteiger partial charge in [-0.3, -0.25) is 4.79 Å². The van der Waals surface area contributed by atoms with E-state index in [0.717, 1.165) is 25.0 Å². The molecule has 3 nitrogen and oxygen atoms in total. The molecule has 1 rings (SSSR count).